The summed E-state index contributed by atoms with van der Waals surface area (Å²) >= 11 is 0. The Morgan fingerprint density at radius 3 is 2.65 bits per heavy atom. The van der Waals surface area contributed by atoms with Crippen LogP contribution in [0.4, 0.5) is 5.82 Å². The number of nitrogens with zero attached hydrogens (tertiary/aromatic N) is 2. The number of nitrogens with one attached hydrogen (secondary N) is 1. The van der Waals surface area contributed by atoms with Crippen LogP contribution in [0.15, 0.2) is 6.07 Å². The Labute approximate surface area is 120 Å². The van der Waals surface area contributed by atoms with Crippen LogP contribution in [-0.4, -0.2) is 21.7 Å². The molecular formula is C15H26N4O. The third kappa shape index (κ3) is 3.39. The van der Waals surface area contributed by atoms with Gasteiger partial charge in [0.05, 0.1) is 11.6 Å². The summed E-state index contributed by atoms with van der Waals surface area (Å²) < 4.78 is 1.76. The Balaban J connectivity index is 2.05. The van der Waals surface area contributed by atoms with Crippen molar-refractivity contribution in [3.63, 3.8) is 0 Å². The number of anilines is 1. The topological polar surface area (TPSA) is 72.9 Å². The van der Waals surface area contributed by atoms with Crippen LogP contribution in [0.3, 0.4) is 0 Å². The van der Waals surface area contributed by atoms with Gasteiger partial charge in [0.2, 0.25) is 5.91 Å². The molecule has 2 unspecified atom stereocenters. The molecule has 1 aromatic rings. The van der Waals surface area contributed by atoms with Crippen LogP contribution in [-0.2, 0) is 11.8 Å². The van der Waals surface area contributed by atoms with Crippen LogP contribution in [0.5, 0.6) is 0 Å². The highest BCUT2D eigenvalue weighted by atomic mass is 16.2. The zero-order valence-electron chi connectivity index (χ0n) is 12.7. The van der Waals surface area contributed by atoms with Gasteiger partial charge in [0.15, 0.2) is 0 Å². The molecule has 1 amide bonds. The van der Waals surface area contributed by atoms with E-state index >= 15 is 0 Å². The molecular weight excluding hydrogens is 252 g/mol. The molecule has 5 heteroatoms. The molecule has 1 fully saturated rings. The van der Waals surface area contributed by atoms with Crippen molar-refractivity contribution >= 4 is 11.7 Å². The minimum atomic E-state index is -0.206. The van der Waals surface area contributed by atoms with Crippen LogP contribution in [0.2, 0.25) is 0 Å². The van der Waals surface area contributed by atoms with Gasteiger partial charge in [-0.25, -0.2) is 0 Å². The Hall–Kier alpha value is -1.36. The van der Waals surface area contributed by atoms with E-state index in [9.17, 15) is 4.79 Å². The molecule has 2 atom stereocenters. The lowest BCUT2D eigenvalue weighted by Gasteiger charge is -2.19. The van der Waals surface area contributed by atoms with E-state index in [2.05, 4.69) is 10.4 Å². The van der Waals surface area contributed by atoms with Crippen LogP contribution in [0.25, 0.3) is 0 Å². The van der Waals surface area contributed by atoms with E-state index in [1.54, 1.807) is 4.68 Å². The maximum Gasteiger partial charge on any atom is 0.229 e. The lowest BCUT2D eigenvalue weighted by Crippen LogP contribution is -2.34. The Kier molecular flexibility index (Phi) is 4.81. The molecule has 2 rings (SSSR count). The first-order valence-corrected chi connectivity index (χ1v) is 7.59. The smallest absolute Gasteiger partial charge is 0.229 e. The van der Waals surface area contributed by atoms with Gasteiger partial charge in [0.25, 0.3) is 0 Å². The first kappa shape index (κ1) is 15.0. The van der Waals surface area contributed by atoms with Crippen molar-refractivity contribution in [1.82, 2.24) is 9.78 Å². The Bertz CT molecular complexity index is 460. The van der Waals surface area contributed by atoms with Crippen molar-refractivity contribution in [1.29, 1.82) is 0 Å². The second kappa shape index (κ2) is 6.39. The van der Waals surface area contributed by atoms with Crippen molar-refractivity contribution < 1.29 is 4.79 Å². The number of hydrogen-bond donors (Lipinski definition) is 2. The molecule has 0 aliphatic heterocycles. The fraction of sp³-hybridized carbons (Fsp3) is 0.733. The van der Waals surface area contributed by atoms with Gasteiger partial charge in [-0.2, -0.15) is 5.10 Å². The van der Waals surface area contributed by atoms with Gasteiger partial charge in [-0.1, -0.05) is 26.2 Å². The number of carbonyl (C=O) groups is 1. The van der Waals surface area contributed by atoms with Crippen molar-refractivity contribution in [3.8, 4) is 0 Å². The number of aryl methyl sites for hydroxylation is 1. The second-order valence-electron chi connectivity index (χ2n) is 6.05. The summed E-state index contributed by atoms with van der Waals surface area (Å²) in [5.41, 5.74) is 6.87. The highest BCUT2D eigenvalue weighted by Gasteiger charge is 2.22. The third-order valence-corrected chi connectivity index (χ3v) is 4.38. The highest BCUT2D eigenvalue weighted by molar-refractivity contribution is 5.92. The number of rotatable bonds is 4. The van der Waals surface area contributed by atoms with Crippen LogP contribution in [0, 0.1) is 5.92 Å². The van der Waals surface area contributed by atoms with Crippen LogP contribution >= 0.6 is 0 Å². The normalized spacial score (nSPS) is 19.6. The maximum absolute atomic E-state index is 12.1. The average molecular weight is 278 g/mol. The zero-order chi connectivity index (χ0) is 14.7. The first-order chi connectivity index (χ1) is 9.49. The lowest BCUT2D eigenvalue weighted by atomic mass is 9.87. The number of aromatic nitrogens is 2. The summed E-state index contributed by atoms with van der Waals surface area (Å²) in [7, 11) is 1.87. The fourth-order valence-electron chi connectivity index (χ4n) is 2.68. The summed E-state index contributed by atoms with van der Waals surface area (Å²) in [6.45, 7) is 3.69. The summed E-state index contributed by atoms with van der Waals surface area (Å²) in [6.07, 6.45) is 6.31. The molecule has 112 valence electrons. The van der Waals surface area contributed by atoms with E-state index in [4.69, 9.17) is 5.73 Å². The minimum Gasteiger partial charge on any atom is -0.327 e. The van der Waals surface area contributed by atoms with Crippen LogP contribution < -0.4 is 11.1 Å². The number of hydrogen-bond acceptors (Lipinski definition) is 3. The molecule has 0 bridgehead atoms. The highest BCUT2D eigenvalue weighted by Crippen LogP contribution is 2.32. The van der Waals surface area contributed by atoms with Gasteiger partial charge in [-0.05, 0) is 19.8 Å². The van der Waals surface area contributed by atoms with Gasteiger partial charge in [-0.15, -0.1) is 0 Å². The van der Waals surface area contributed by atoms with E-state index in [1.807, 2.05) is 27.0 Å². The monoisotopic (exact) mass is 278 g/mol. The first-order valence-electron chi connectivity index (χ1n) is 7.59. The maximum atomic E-state index is 12.1. The molecule has 3 N–H and O–H groups in total. The molecule has 0 saturated heterocycles. The van der Waals surface area contributed by atoms with Crippen molar-refractivity contribution in [2.75, 3.05) is 5.32 Å². The lowest BCUT2D eigenvalue weighted by molar-refractivity contribution is -0.119. The molecule has 1 heterocycles. The van der Waals surface area contributed by atoms with Crippen molar-refractivity contribution in [2.24, 2.45) is 18.7 Å². The predicted octanol–water partition coefficient (Wildman–Crippen LogP) is 2.39. The molecule has 5 nitrogen and oxygen atoms in total. The largest absolute Gasteiger partial charge is 0.327 e. The van der Waals surface area contributed by atoms with Crippen LogP contribution in [0.1, 0.15) is 57.6 Å². The Morgan fingerprint density at radius 2 is 2.05 bits per heavy atom. The Morgan fingerprint density at radius 1 is 1.40 bits per heavy atom. The molecule has 0 radical (unpaired) electrons. The minimum absolute atomic E-state index is 0.0433. The van der Waals surface area contributed by atoms with Gasteiger partial charge >= 0.3 is 0 Å². The number of amides is 1. The van der Waals surface area contributed by atoms with Gasteiger partial charge in [0, 0.05) is 25.1 Å². The molecule has 0 aromatic carbocycles. The summed E-state index contributed by atoms with van der Waals surface area (Å²) in [6, 6.07) is 1.86. The molecule has 1 aromatic heterocycles. The van der Waals surface area contributed by atoms with E-state index in [-0.39, 0.29) is 17.9 Å². The van der Waals surface area contributed by atoms with Crippen molar-refractivity contribution in [3.05, 3.63) is 11.8 Å². The van der Waals surface area contributed by atoms with E-state index in [0.717, 1.165) is 11.5 Å². The van der Waals surface area contributed by atoms with Gasteiger partial charge in [-0.3, -0.25) is 9.48 Å². The van der Waals surface area contributed by atoms with E-state index < -0.39 is 0 Å². The molecule has 1 aliphatic carbocycles. The van der Waals surface area contributed by atoms with Crippen molar-refractivity contribution in [2.45, 2.75) is 57.9 Å². The fourth-order valence-corrected chi connectivity index (χ4v) is 2.68. The standard InChI is InChI=1S/C15H26N4O/c1-10(11(2)16)15(20)17-14-9-13(18-19(14)3)12-7-5-4-6-8-12/h9-12H,4-8,16H2,1-3H3,(H,17,20). The predicted molar refractivity (Wildman–Crippen MR) is 80.5 cm³/mol. The average Bonchev–Trinajstić information content (AvgIpc) is 2.80. The van der Waals surface area contributed by atoms with Gasteiger partial charge in [0.1, 0.15) is 5.82 Å². The third-order valence-electron chi connectivity index (χ3n) is 4.38. The number of nitrogens with two attached hydrogens (primary N) is 1. The summed E-state index contributed by atoms with van der Waals surface area (Å²) in [4.78, 5) is 12.1. The molecule has 20 heavy (non-hydrogen) atoms. The summed E-state index contributed by atoms with van der Waals surface area (Å²) in [5.74, 6) is 1.07. The second-order valence-corrected chi connectivity index (χ2v) is 6.05. The molecule has 1 saturated carbocycles. The number of carbonyl (C=O) groups excluding carboxylic acids is 1. The quantitative estimate of drug-likeness (QED) is 0.888. The van der Waals surface area contributed by atoms with Gasteiger partial charge < -0.3 is 11.1 Å². The summed E-state index contributed by atoms with van der Waals surface area (Å²) in [5, 5.41) is 7.49. The molecule has 1 aliphatic rings. The SMILES string of the molecule is CC(N)C(C)C(=O)Nc1cc(C2CCCCC2)nn1C. The molecule has 0 spiro atoms. The van der Waals surface area contributed by atoms with E-state index in [0.29, 0.717) is 5.92 Å². The van der Waals surface area contributed by atoms with E-state index in [1.165, 1.54) is 32.1 Å². The zero-order valence-corrected chi connectivity index (χ0v) is 12.7.